The summed E-state index contributed by atoms with van der Waals surface area (Å²) >= 11 is 7.97. The molecule has 0 saturated heterocycles. The Hall–Kier alpha value is -3.17. The molecule has 37 heavy (non-hydrogen) atoms. The molecule has 3 heterocycles. The van der Waals surface area contributed by atoms with Crippen molar-refractivity contribution in [1.29, 1.82) is 0 Å². The van der Waals surface area contributed by atoms with E-state index in [9.17, 15) is 9.59 Å². The van der Waals surface area contributed by atoms with Crippen LogP contribution in [0.2, 0.25) is 5.02 Å². The summed E-state index contributed by atoms with van der Waals surface area (Å²) in [5, 5.41) is 7.13. The maximum atomic E-state index is 13.8. The Morgan fingerprint density at radius 1 is 1.16 bits per heavy atom. The lowest BCUT2D eigenvalue weighted by Gasteiger charge is -2.42. The first-order chi connectivity index (χ1) is 18.0. The van der Waals surface area contributed by atoms with E-state index in [1.54, 1.807) is 7.11 Å². The molecule has 2 aliphatic carbocycles. The third kappa shape index (κ3) is 4.44. The number of nitrogens with one attached hydrogen (secondary N) is 2. The Labute approximate surface area is 224 Å². The molecule has 1 aliphatic heterocycles. The molecule has 0 unspecified atom stereocenters. The first-order valence-corrected chi connectivity index (χ1v) is 13.9. The minimum absolute atomic E-state index is 0.0428. The largest absolute Gasteiger partial charge is 0.497 e. The minimum Gasteiger partial charge on any atom is -0.497 e. The Bertz CT molecular complexity index is 1350. The van der Waals surface area contributed by atoms with Gasteiger partial charge in [0.15, 0.2) is 11.6 Å². The number of nitrogens with zero attached hydrogens (tertiary/aromatic N) is 3. The smallest absolute Gasteiger partial charge is 0.265 e. The van der Waals surface area contributed by atoms with E-state index in [0.717, 1.165) is 65.3 Å². The van der Waals surface area contributed by atoms with Gasteiger partial charge in [0, 0.05) is 18.0 Å². The second-order valence-electron chi connectivity index (χ2n) is 9.96. The Kier molecular flexibility index (Phi) is 6.28. The molecule has 2 aromatic heterocycles. The molecule has 1 aromatic carbocycles. The van der Waals surface area contributed by atoms with Crippen molar-refractivity contribution >= 4 is 51.4 Å². The summed E-state index contributed by atoms with van der Waals surface area (Å²) in [4.78, 5) is 37.2. The van der Waals surface area contributed by atoms with Gasteiger partial charge in [0.25, 0.3) is 5.91 Å². The Balaban J connectivity index is 1.27. The van der Waals surface area contributed by atoms with Crippen LogP contribution in [-0.2, 0) is 16.9 Å². The molecule has 8 nitrogen and oxygen atoms in total. The van der Waals surface area contributed by atoms with Crippen LogP contribution < -0.4 is 15.4 Å². The van der Waals surface area contributed by atoms with Crippen LogP contribution in [-0.4, -0.2) is 33.8 Å². The topological polar surface area (TPSA) is 96.4 Å². The van der Waals surface area contributed by atoms with Crippen molar-refractivity contribution in [1.82, 2.24) is 14.9 Å². The maximum Gasteiger partial charge on any atom is 0.265 e. The zero-order valence-corrected chi connectivity index (χ0v) is 22.1. The van der Waals surface area contributed by atoms with Gasteiger partial charge in [-0.1, -0.05) is 43.0 Å². The van der Waals surface area contributed by atoms with Gasteiger partial charge in [0.2, 0.25) is 5.91 Å². The zero-order valence-electron chi connectivity index (χ0n) is 20.6. The zero-order chi connectivity index (χ0) is 25.6. The molecule has 0 radical (unpaired) electrons. The molecule has 192 valence electrons. The van der Waals surface area contributed by atoms with Crippen molar-refractivity contribution in [3.8, 4) is 5.75 Å². The lowest BCUT2D eigenvalue weighted by atomic mass is 9.77. The minimum atomic E-state index is -0.306. The van der Waals surface area contributed by atoms with E-state index in [2.05, 4.69) is 31.6 Å². The fourth-order valence-electron chi connectivity index (χ4n) is 5.46. The van der Waals surface area contributed by atoms with Crippen LogP contribution in [0.15, 0.2) is 36.7 Å². The number of benzene rings is 1. The van der Waals surface area contributed by atoms with Crippen LogP contribution >= 0.6 is 22.9 Å². The molecule has 2 saturated carbocycles. The number of amides is 2. The highest BCUT2D eigenvalue weighted by molar-refractivity contribution is 7.18. The fourth-order valence-corrected chi connectivity index (χ4v) is 6.75. The number of halogens is 1. The quantitative estimate of drug-likeness (QED) is 0.377. The number of carbonyl (C=O) groups excluding carboxylic acids is 2. The van der Waals surface area contributed by atoms with Crippen LogP contribution in [0.3, 0.4) is 0 Å². The number of aromatic nitrogens is 2. The number of ether oxygens (including phenoxy) is 1. The van der Waals surface area contributed by atoms with Gasteiger partial charge in [-0.05, 0) is 49.4 Å². The van der Waals surface area contributed by atoms with Gasteiger partial charge in [-0.3, -0.25) is 9.59 Å². The molecule has 1 spiro atoms. The lowest BCUT2D eigenvalue weighted by Crippen LogP contribution is -2.44. The summed E-state index contributed by atoms with van der Waals surface area (Å²) in [6.45, 7) is 0.564. The van der Waals surface area contributed by atoms with Crippen LogP contribution in [0.4, 0.5) is 16.6 Å². The third-order valence-corrected chi connectivity index (χ3v) is 8.99. The van der Waals surface area contributed by atoms with Gasteiger partial charge in [0.1, 0.15) is 17.1 Å². The van der Waals surface area contributed by atoms with Crippen LogP contribution in [0.1, 0.15) is 65.7 Å². The van der Waals surface area contributed by atoms with Crippen molar-refractivity contribution < 1.29 is 14.3 Å². The first-order valence-electron chi connectivity index (χ1n) is 12.7. The molecule has 3 aliphatic rings. The monoisotopic (exact) mass is 537 g/mol. The number of hydrogen-bond acceptors (Lipinski definition) is 7. The van der Waals surface area contributed by atoms with Crippen LogP contribution in [0, 0.1) is 5.92 Å². The standard InChI is InChI=1S/C27H28ClN5O3S/c1-36-18-9-5-16(6-10-18)14-33-26(35)22-19(27(33)11-3-2-4-12-27)13-20(37-22)31-23-21(28)24(30-15-29-23)32-25(34)17-7-8-17/h5-6,9-10,13,15,17H,2-4,7-8,11-12,14H2,1H3,(H2,29,30,31,32,34). The van der Waals surface area contributed by atoms with E-state index in [0.29, 0.717) is 18.2 Å². The van der Waals surface area contributed by atoms with Gasteiger partial charge in [-0.15, -0.1) is 11.3 Å². The molecule has 3 aromatic rings. The predicted molar refractivity (Wildman–Crippen MR) is 144 cm³/mol. The molecule has 2 amide bonds. The van der Waals surface area contributed by atoms with E-state index >= 15 is 0 Å². The van der Waals surface area contributed by atoms with Gasteiger partial charge in [-0.2, -0.15) is 0 Å². The van der Waals surface area contributed by atoms with E-state index in [4.69, 9.17) is 16.3 Å². The highest BCUT2D eigenvalue weighted by atomic mass is 35.5. The van der Waals surface area contributed by atoms with Crippen molar-refractivity contribution in [2.45, 2.75) is 57.0 Å². The van der Waals surface area contributed by atoms with Crippen molar-refractivity contribution in [2.75, 3.05) is 17.7 Å². The number of methoxy groups -OCH3 is 1. The molecule has 2 N–H and O–H groups in total. The number of anilines is 3. The van der Waals surface area contributed by atoms with E-state index in [1.807, 2.05) is 24.3 Å². The second-order valence-corrected chi connectivity index (χ2v) is 11.4. The van der Waals surface area contributed by atoms with Crippen molar-refractivity contribution in [3.63, 3.8) is 0 Å². The Morgan fingerprint density at radius 2 is 1.89 bits per heavy atom. The summed E-state index contributed by atoms with van der Waals surface area (Å²) in [5.74, 6) is 1.55. The molecule has 10 heteroatoms. The molecule has 0 atom stereocenters. The van der Waals surface area contributed by atoms with Crippen molar-refractivity contribution in [3.05, 3.63) is 57.7 Å². The number of thiophene rings is 1. The van der Waals surface area contributed by atoms with E-state index in [1.165, 1.54) is 24.1 Å². The van der Waals surface area contributed by atoms with E-state index in [-0.39, 0.29) is 28.3 Å². The van der Waals surface area contributed by atoms with Crippen LogP contribution in [0.5, 0.6) is 5.75 Å². The van der Waals surface area contributed by atoms with Gasteiger partial charge in [-0.25, -0.2) is 9.97 Å². The van der Waals surface area contributed by atoms with Crippen molar-refractivity contribution in [2.24, 2.45) is 5.92 Å². The number of rotatable bonds is 7. The normalized spacial score (nSPS) is 18.1. The van der Waals surface area contributed by atoms with Gasteiger partial charge >= 0.3 is 0 Å². The second kappa shape index (κ2) is 9.61. The van der Waals surface area contributed by atoms with Gasteiger partial charge in [0.05, 0.1) is 22.5 Å². The Morgan fingerprint density at radius 3 is 2.59 bits per heavy atom. The number of hydrogen-bond donors (Lipinski definition) is 2. The van der Waals surface area contributed by atoms with Crippen LogP contribution in [0.25, 0.3) is 0 Å². The molecule has 0 bridgehead atoms. The lowest BCUT2D eigenvalue weighted by molar-refractivity contribution is -0.117. The number of carbonyl (C=O) groups is 2. The average molecular weight is 538 g/mol. The highest BCUT2D eigenvalue weighted by Gasteiger charge is 2.51. The van der Waals surface area contributed by atoms with Gasteiger partial charge < -0.3 is 20.3 Å². The first kappa shape index (κ1) is 24.2. The molecule has 2 fully saturated rings. The molecule has 6 rings (SSSR count). The number of fused-ring (bicyclic) bond motifs is 2. The molecular weight excluding hydrogens is 510 g/mol. The van der Waals surface area contributed by atoms with E-state index < -0.39 is 0 Å². The maximum absolute atomic E-state index is 13.8. The highest BCUT2D eigenvalue weighted by Crippen LogP contribution is 2.53. The predicted octanol–water partition coefficient (Wildman–Crippen LogP) is 6.11. The SMILES string of the molecule is COc1ccc(CN2C(=O)c3sc(Nc4ncnc(NC(=O)C5CC5)c4Cl)cc3C23CCCCC3)cc1. The third-order valence-electron chi connectivity index (χ3n) is 7.59. The summed E-state index contributed by atoms with van der Waals surface area (Å²) in [6, 6.07) is 10.0. The average Bonchev–Trinajstić information content (AvgIpc) is 3.66. The summed E-state index contributed by atoms with van der Waals surface area (Å²) in [6.07, 6.45) is 8.42. The fraction of sp³-hybridized carbons (Fsp3) is 0.407. The molecular formula is C27H28ClN5O3S. The summed E-state index contributed by atoms with van der Waals surface area (Å²) in [7, 11) is 1.65. The summed E-state index contributed by atoms with van der Waals surface area (Å²) in [5.41, 5.74) is 1.87. The summed E-state index contributed by atoms with van der Waals surface area (Å²) < 4.78 is 5.29.